The van der Waals surface area contributed by atoms with Crippen LogP contribution < -0.4 is 5.32 Å². The Labute approximate surface area is 160 Å². The number of nitrogens with one attached hydrogen (secondary N) is 1. The molecule has 4 rings (SSSR count). The lowest BCUT2D eigenvalue weighted by Crippen LogP contribution is -2.08. The number of anilines is 2. The fourth-order valence-electron chi connectivity index (χ4n) is 2.91. The molecule has 2 aromatic carbocycles. The van der Waals surface area contributed by atoms with Crippen molar-refractivity contribution in [2.75, 3.05) is 5.32 Å². The van der Waals surface area contributed by atoms with Crippen molar-refractivity contribution >= 4 is 45.8 Å². The van der Waals surface area contributed by atoms with Gasteiger partial charge in [0.1, 0.15) is 0 Å². The highest BCUT2D eigenvalue weighted by Gasteiger charge is 2.22. The number of carbonyl (C=O) groups is 1. The third-order valence-electron chi connectivity index (χ3n) is 4.12. The van der Waals surface area contributed by atoms with Gasteiger partial charge in [0, 0.05) is 32.7 Å². The number of ketones is 1. The van der Waals surface area contributed by atoms with E-state index < -0.39 is 0 Å². The van der Waals surface area contributed by atoms with E-state index in [2.05, 4.69) is 17.5 Å². The number of para-hydroxylation sites is 2. The highest BCUT2D eigenvalue weighted by Crippen LogP contribution is 2.45. The summed E-state index contributed by atoms with van der Waals surface area (Å²) in [6.07, 6.45) is 1.68. The zero-order valence-corrected chi connectivity index (χ0v) is 15.4. The van der Waals surface area contributed by atoms with E-state index in [0.29, 0.717) is 5.56 Å². The smallest absolute Gasteiger partial charge is 0.169 e. The number of fused-ring (bicyclic) bond motifs is 2. The summed E-state index contributed by atoms with van der Waals surface area (Å²) in [5.41, 5.74) is 3.28. The fourth-order valence-corrected chi connectivity index (χ4v) is 4.67. The van der Waals surface area contributed by atoms with Gasteiger partial charge in [-0.05, 0) is 41.3 Å². The van der Waals surface area contributed by atoms with Crippen LogP contribution in [-0.2, 0) is 0 Å². The van der Waals surface area contributed by atoms with E-state index in [9.17, 15) is 4.79 Å². The van der Waals surface area contributed by atoms with E-state index in [0.717, 1.165) is 31.6 Å². The Balaban J connectivity index is 1.66. The van der Waals surface area contributed by atoms with Gasteiger partial charge in [0.05, 0.1) is 17.4 Å². The third kappa shape index (κ3) is 3.17. The molecule has 3 nitrogen and oxygen atoms in total. The van der Waals surface area contributed by atoms with Crippen molar-refractivity contribution < 1.29 is 4.79 Å². The Bertz CT molecular complexity index is 1050. The zero-order chi connectivity index (χ0) is 17.9. The van der Waals surface area contributed by atoms with Crippen LogP contribution in [0.1, 0.15) is 21.7 Å². The number of nitriles is 1. The molecular formula is C21H14N2OS2. The Morgan fingerprint density at radius 3 is 2.73 bits per heavy atom. The summed E-state index contributed by atoms with van der Waals surface area (Å²) in [7, 11) is 0. The molecule has 0 saturated heterocycles. The number of thiophene rings is 1. The van der Waals surface area contributed by atoms with Crippen molar-refractivity contribution in [2.24, 2.45) is 0 Å². The van der Waals surface area contributed by atoms with Crippen molar-refractivity contribution in [1.82, 2.24) is 0 Å². The molecule has 1 aliphatic heterocycles. The molecule has 0 atom stereocenters. The van der Waals surface area contributed by atoms with Crippen molar-refractivity contribution in [2.45, 2.75) is 16.2 Å². The Hall–Kier alpha value is -2.81. The molecule has 0 radical (unpaired) electrons. The molecule has 0 fully saturated rings. The van der Waals surface area contributed by atoms with E-state index in [1.165, 1.54) is 17.4 Å². The molecule has 0 aliphatic carbocycles. The van der Waals surface area contributed by atoms with Gasteiger partial charge in [-0.15, -0.1) is 11.3 Å². The summed E-state index contributed by atoms with van der Waals surface area (Å²) in [5, 5.41) is 14.4. The first-order valence-corrected chi connectivity index (χ1v) is 9.78. The van der Waals surface area contributed by atoms with Crippen molar-refractivity contribution in [3.05, 3.63) is 76.5 Å². The van der Waals surface area contributed by atoms with E-state index in [4.69, 9.17) is 5.26 Å². The number of benzene rings is 2. The monoisotopic (exact) mass is 374 g/mol. The van der Waals surface area contributed by atoms with Gasteiger partial charge < -0.3 is 5.32 Å². The van der Waals surface area contributed by atoms with Crippen LogP contribution >= 0.6 is 23.1 Å². The lowest BCUT2D eigenvalue weighted by atomic mass is 10.00. The van der Waals surface area contributed by atoms with Crippen molar-refractivity contribution in [1.29, 1.82) is 5.26 Å². The maximum atomic E-state index is 13.0. The molecule has 0 saturated carbocycles. The summed E-state index contributed by atoms with van der Waals surface area (Å²) in [4.78, 5) is 16.2. The Morgan fingerprint density at radius 2 is 1.92 bits per heavy atom. The first kappa shape index (κ1) is 16.6. The summed E-state index contributed by atoms with van der Waals surface area (Å²) in [5.74, 6) is 0.00392. The molecule has 0 amide bonds. The number of allylic oxidation sites excluding steroid dienone is 2. The van der Waals surface area contributed by atoms with Crippen LogP contribution in [0.3, 0.4) is 0 Å². The van der Waals surface area contributed by atoms with Gasteiger partial charge in [0.2, 0.25) is 0 Å². The standard InChI is InChI=1S/C21H14N2OS2/c22-11-10-14(18-9-4-12-25-18)13-17(24)15-5-3-8-20-21(15)23-16-6-1-2-7-19(16)26-20/h1-10,12,23H,13H2. The first-order chi connectivity index (χ1) is 12.8. The van der Waals surface area contributed by atoms with Gasteiger partial charge in [-0.25, -0.2) is 0 Å². The minimum absolute atomic E-state index is 0.00392. The van der Waals surface area contributed by atoms with Gasteiger partial charge in [0.15, 0.2) is 5.78 Å². The summed E-state index contributed by atoms with van der Waals surface area (Å²) in [6.45, 7) is 0. The number of carbonyl (C=O) groups excluding carboxylic acids is 1. The number of hydrogen-bond donors (Lipinski definition) is 1. The predicted molar refractivity (Wildman–Crippen MR) is 107 cm³/mol. The van der Waals surface area contributed by atoms with Gasteiger partial charge in [-0.1, -0.05) is 36.0 Å². The molecule has 0 bridgehead atoms. The average molecular weight is 374 g/mol. The lowest BCUT2D eigenvalue weighted by Gasteiger charge is -2.22. The molecule has 3 aromatic rings. The molecule has 0 spiro atoms. The molecule has 26 heavy (non-hydrogen) atoms. The van der Waals surface area contributed by atoms with Crippen LogP contribution in [0.5, 0.6) is 0 Å². The van der Waals surface area contributed by atoms with Crippen LogP contribution in [0.2, 0.25) is 0 Å². The van der Waals surface area contributed by atoms with Gasteiger partial charge in [0.25, 0.3) is 0 Å². The SMILES string of the molecule is N#CC=C(CC(=O)c1cccc2c1Nc1ccccc1S2)c1cccs1. The molecule has 0 unspecified atom stereocenters. The predicted octanol–water partition coefficient (Wildman–Crippen LogP) is 6.14. The van der Waals surface area contributed by atoms with Crippen LogP contribution in [-0.4, -0.2) is 5.78 Å². The highest BCUT2D eigenvalue weighted by atomic mass is 32.2. The van der Waals surface area contributed by atoms with E-state index >= 15 is 0 Å². The molecule has 1 aromatic heterocycles. The quantitative estimate of drug-likeness (QED) is 0.344. The van der Waals surface area contributed by atoms with Crippen molar-refractivity contribution in [3.63, 3.8) is 0 Å². The number of hydrogen-bond acceptors (Lipinski definition) is 5. The molecule has 1 aliphatic rings. The van der Waals surface area contributed by atoms with E-state index in [1.807, 2.05) is 53.9 Å². The molecule has 5 heteroatoms. The summed E-state index contributed by atoms with van der Waals surface area (Å²) in [6, 6.07) is 19.8. The second-order valence-electron chi connectivity index (χ2n) is 5.78. The van der Waals surface area contributed by atoms with Crippen LogP contribution in [0.4, 0.5) is 11.4 Å². The third-order valence-corrected chi connectivity index (χ3v) is 6.20. The topological polar surface area (TPSA) is 52.9 Å². The number of rotatable bonds is 4. The number of Topliss-reactive ketones (excluding diaryl/α,β-unsaturated/α-hetero) is 1. The first-order valence-electron chi connectivity index (χ1n) is 8.09. The van der Waals surface area contributed by atoms with Crippen LogP contribution in [0.25, 0.3) is 5.57 Å². The lowest BCUT2D eigenvalue weighted by molar-refractivity contribution is 0.0999. The molecule has 126 valence electrons. The normalized spacial score (nSPS) is 12.5. The Kier molecular flexibility index (Phi) is 4.61. The number of nitrogens with zero attached hydrogens (tertiary/aromatic N) is 1. The molecule has 2 heterocycles. The maximum Gasteiger partial charge on any atom is 0.169 e. The van der Waals surface area contributed by atoms with Gasteiger partial charge in [-0.3, -0.25) is 4.79 Å². The minimum atomic E-state index is 0.00392. The second kappa shape index (κ2) is 7.20. The van der Waals surface area contributed by atoms with Gasteiger partial charge >= 0.3 is 0 Å². The maximum absolute atomic E-state index is 13.0. The summed E-state index contributed by atoms with van der Waals surface area (Å²) < 4.78 is 0. The molecule has 1 N–H and O–H groups in total. The van der Waals surface area contributed by atoms with E-state index in [-0.39, 0.29) is 12.2 Å². The van der Waals surface area contributed by atoms with Crippen LogP contribution in [0.15, 0.2) is 75.8 Å². The minimum Gasteiger partial charge on any atom is -0.353 e. The highest BCUT2D eigenvalue weighted by molar-refractivity contribution is 7.99. The largest absolute Gasteiger partial charge is 0.353 e. The Morgan fingerprint density at radius 1 is 1.08 bits per heavy atom. The van der Waals surface area contributed by atoms with Crippen LogP contribution in [0, 0.1) is 11.3 Å². The zero-order valence-electron chi connectivity index (χ0n) is 13.7. The molecular weight excluding hydrogens is 360 g/mol. The average Bonchev–Trinajstić information content (AvgIpc) is 3.20. The van der Waals surface area contributed by atoms with Gasteiger partial charge in [-0.2, -0.15) is 5.26 Å². The van der Waals surface area contributed by atoms with Crippen molar-refractivity contribution in [3.8, 4) is 6.07 Å². The fraction of sp³-hybridized carbons (Fsp3) is 0.0476. The van der Waals surface area contributed by atoms with E-state index in [1.54, 1.807) is 11.8 Å². The summed E-state index contributed by atoms with van der Waals surface area (Å²) >= 11 is 3.20. The second-order valence-corrected chi connectivity index (χ2v) is 7.81.